The molecule has 0 aliphatic heterocycles. The van der Waals surface area contributed by atoms with Crippen molar-refractivity contribution in [2.45, 2.75) is 46.7 Å². The van der Waals surface area contributed by atoms with Crippen LogP contribution in [0.4, 0.5) is 0 Å². The second-order valence-electron chi connectivity index (χ2n) is 5.21. The molecule has 0 aromatic carbocycles. The molecule has 2 aromatic rings. The highest BCUT2D eigenvalue weighted by Crippen LogP contribution is 2.23. The lowest BCUT2D eigenvalue weighted by Crippen LogP contribution is -2.26. The summed E-state index contributed by atoms with van der Waals surface area (Å²) in [6.45, 7) is 10.3. The van der Waals surface area contributed by atoms with E-state index in [0.29, 0.717) is 0 Å². The summed E-state index contributed by atoms with van der Waals surface area (Å²) >= 11 is 0. The fraction of sp³-hybridized carbons (Fsp3) is 0.500. The van der Waals surface area contributed by atoms with Gasteiger partial charge in [-0.25, -0.2) is 0 Å². The van der Waals surface area contributed by atoms with Gasteiger partial charge in [0.1, 0.15) is 0 Å². The van der Waals surface area contributed by atoms with Gasteiger partial charge in [-0.2, -0.15) is 5.10 Å². The molecular formula is C16H24N4. The average molecular weight is 272 g/mol. The molecule has 108 valence electrons. The van der Waals surface area contributed by atoms with Crippen molar-refractivity contribution in [2.75, 3.05) is 6.54 Å². The first-order valence-corrected chi connectivity index (χ1v) is 7.35. The Kier molecular flexibility index (Phi) is 4.90. The van der Waals surface area contributed by atoms with E-state index in [4.69, 9.17) is 0 Å². The number of aromatic nitrogens is 3. The van der Waals surface area contributed by atoms with E-state index >= 15 is 0 Å². The molecule has 4 nitrogen and oxygen atoms in total. The van der Waals surface area contributed by atoms with Gasteiger partial charge in [0, 0.05) is 18.9 Å². The molecule has 2 heterocycles. The Balaban J connectivity index is 2.41. The van der Waals surface area contributed by atoms with Crippen LogP contribution in [0, 0.1) is 13.8 Å². The summed E-state index contributed by atoms with van der Waals surface area (Å²) in [6.07, 6.45) is 4.94. The third-order valence-corrected chi connectivity index (χ3v) is 3.36. The van der Waals surface area contributed by atoms with Gasteiger partial charge in [0.15, 0.2) is 0 Å². The van der Waals surface area contributed by atoms with Crippen molar-refractivity contribution in [3.63, 3.8) is 0 Å². The first-order chi connectivity index (χ1) is 9.65. The maximum atomic E-state index is 4.56. The maximum absolute atomic E-state index is 4.56. The second-order valence-corrected chi connectivity index (χ2v) is 5.21. The Bertz CT molecular complexity index is 559. The van der Waals surface area contributed by atoms with Crippen molar-refractivity contribution in [3.8, 4) is 0 Å². The summed E-state index contributed by atoms with van der Waals surface area (Å²) in [6, 6.07) is 4.52. The quantitative estimate of drug-likeness (QED) is 0.879. The molecule has 4 heteroatoms. The fourth-order valence-electron chi connectivity index (χ4n) is 2.47. The predicted molar refractivity (Wildman–Crippen MR) is 81.7 cm³/mol. The van der Waals surface area contributed by atoms with E-state index < -0.39 is 0 Å². The van der Waals surface area contributed by atoms with E-state index in [9.17, 15) is 0 Å². The first kappa shape index (κ1) is 14.7. The molecule has 0 fully saturated rings. The van der Waals surface area contributed by atoms with Gasteiger partial charge in [-0.05, 0) is 50.9 Å². The van der Waals surface area contributed by atoms with Crippen LogP contribution in [0.15, 0.2) is 24.5 Å². The molecule has 20 heavy (non-hydrogen) atoms. The molecule has 0 aliphatic rings. The highest BCUT2D eigenvalue weighted by Gasteiger charge is 2.18. The zero-order valence-electron chi connectivity index (χ0n) is 12.8. The number of rotatable bonds is 6. The topological polar surface area (TPSA) is 42.7 Å². The Hall–Kier alpha value is -1.68. The number of hydrogen-bond donors (Lipinski definition) is 1. The molecule has 0 amide bonds. The monoisotopic (exact) mass is 272 g/mol. The number of pyridine rings is 1. The molecule has 1 N–H and O–H groups in total. The molecule has 0 saturated carbocycles. The lowest BCUT2D eigenvalue weighted by atomic mass is 10.0. The Morgan fingerprint density at radius 1 is 1.20 bits per heavy atom. The van der Waals surface area contributed by atoms with Crippen molar-refractivity contribution in [3.05, 3.63) is 47.0 Å². The summed E-state index contributed by atoms with van der Waals surface area (Å²) in [5.74, 6) is 0. The molecule has 2 rings (SSSR count). The van der Waals surface area contributed by atoms with E-state index in [2.05, 4.69) is 53.0 Å². The van der Waals surface area contributed by atoms with Crippen molar-refractivity contribution in [1.29, 1.82) is 0 Å². The number of nitrogens with zero attached hydrogens (tertiary/aromatic N) is 3. The lowest BCUT2D eigenvalue weighted by Gasteiger charge is -2.20. The Morgan fingerprint density at radius 3 is 2.65 bits per heavy atom. The summed E-state index contributed by atoms with van der Waals surface area (Å²) in [5.41, 5.74) is 4.66. The third-order valence-electron chi connectivity index (χ3n) is 3.36. The Labute approximate surface area is 121 Å². The van der Waals surface area contributed by atoms with E-state index in [0.717, 1.165) is 25.2 Å². The molecule has 1 unspecified atom stereocenters. The van der Waals surface area contributed by atoms with Gasteiger partial charge in [0.2, 0.25) is 0 Å². The first-order valence-electron chi connectivity index (χ1n) is 7.35. The zero-order valence-corrected chi connectivity index (χ0v) is 12.8. The smallest absolute Gasteiger partial charge is 0.0763 e. The van der Waals surface area contributed by atoms with Crippen molar-refractivity contribution in [2.24, 2.45) is 0 Å². The van der Waals surface area contributed by atoms with Gasteiger partial charge in [-0.15, -0.1) is 0 Å². The van der Waals surface area contributed by atoms with Gasteiger partial charge in [0.25, 0.3) is 0 Å². The second kappa shape index (κ2) is 6.66. The van der Waals surface area contributed by atoms with Crippen molar-refractivity contribution in [1.82, 2.24) is 20.1 Å². The zero-order chi connectivity index (χ0) is 14.5. The van der Waals surface area contributed by atoms with Gasteiger partial charge >= 0.3 is 0 Å². The molecule has 0 aliphatic carbocycles. The Morgan fingerprint density at radius 2 is 2.00 bits per heavy atom. The molecule has 0 radical (unpaired) electrons. The van der Waals surface area contributed by atoms with Crippen molar-refractivity contribution < 1.29 is 0 Å². The molecule has 1 atom stereocenters. The summed E-state index contributed by atoms with van der Waals surface area (Å²) in [5, 5.41) is 8.18. The maximum Gasteiger partial charge on any atom is 0.0763 e. The number of aryl methyl sites for hydroxylation is 3. The van der Waals surface area contributed by atoms with Gasteiger partial charge in [-0.1, -0.05) is 13.0 Å². The molecule has 0 saturated heterocycles. The van der Waals surface area contributed by atoms with Crippen LogP contribution in [0.25, 0.3) is 0 Å². The van der Waals surface area contributed by atoms with Gasteiger partial charge in [-0.3, -0.25) is 9.67 Å². The normalized spacial score (nSPS) is 12.6. The van der Waals surface area contributed by atoms with E-state index in [-0.39, 0.29) is 6.04 Å². The summed E-state index contributed by atoms with van der Waals surface area (Å²) < 4.78 is 2.07. The van der Waals surface area contributed by atoms with Gasteiger partial charge in [0.05, 0.1) is 17.4 Å². The van der Waals surface area contributed by atoms with Crippen LogP contribution in [0.2, 0.25) is 0 Å². The van der Waals surface area contributed by atoms with Crippen LogP contribution >= 0.6 is 0 Å². The number of nitrogens with one attached hydrogen (secondary N) is 1. The van der Waals surface area contributed by atoms with Crippen molar-refractivity contribution >= 4 is 0 Å². The van der Waals surface area contributed by atoms with E-state index in [1.807, 2.05) is 19.3 Å². The van der Waals surface area contributed by atoms with Crippen LogP contribution < -0.4 is 5.32 Å². The summed E-state index contributed by atoms with van der Waals surface area (Å²) in [4.78, 5) is 4.33. The van der Waals surface area contributed by atoms with Crippen LogP contribution in [0.1, 0.15) is 48.8 Å². The minimum Gasteiger partial charge on any atom is -0.305 e. The molecular weight excluding hydrogens is 248 g/mol. The SMILES string of the molecule is CCCNC(c1cncc(C)c1)c1cc(C)nn1CC. The van der Waals surface area contributed by atoms with Gasteiger partial charge < -0.3 is 5.32 Å². The summed E-state index contributed by atoms with van der Waals surface area (Å²) in [7, 11) is 0. The average Bonchev–Trinajstić information content (AvgIpc) is 2.80. The third kappa shape index (κ3) is 3.25. The number of hydrogen-bond acceptors (Lipinski definition) is 3. The molecule has 0 spiro atoms. The van der Waals surface area contributed by atoms with Crippen LogP contribution in [-0.2, 0) is 6.54 Å². The minimum absolute atomic E-state index is 0.156. The van der Waals surface area contributed by atoms with Crippen LogP contribution in [0.3, 0.4) is 0 Å². The van der Waals surface area contributed by atoms with Crippen LogP contribution in [0.5, 0.6) is 0 Å². The molecule has 0 bridgehead atoms. The largest absolute Gasteiger partial charge is 0.305 e. The fourth-order valence-corrected chi connectivity index (χ4v) is 2.47. The van der Waals surface area contributed by atoms with E-state index in [1.165, 1.54) is 16.8 Å². The lowest BCUT2D eigenvalue weighted by molar-refractivity contribution is 0.527. The minimum atomic E-state index is 0.156. The van der Waals surface area contributed by atoms with E-state index in [1.54, 1.807) is 0 Å². The highest BCUT2D eigenvalue weighted by molar-refractivity contribution is 5.29. The van der Waals surface area contributed by atoms with Crippen LogP contribution in [-0.4, -0.2) is 21.3 Å². The standard InChI is InChI=1S/C16H24N4/c1-5-7-18-16(14-8-12(3)10-17-11-14)15-9-13(4)19-20(15)6-2/h8-11,16,18H,5-7H2,1-4H3. The predicted octanol–water partition coefficient (Wildman–Crippen LogP) is 3.00. The highest BCUT2D eigenvalue weighted by atomic mass is 15.3. The molecule has 2 aromatic heterocycles.